The van der Waals surface area contributed by atoms with Crippen LogP contribution in [0.1, 0.15) is 39.0 Å². The Morgan fingerprint density at radius 1 is 1.33 bits per heavy atom. The van der Waals surface area contributed by atoms with Crippen molar-refractivity contribution in [1.82, 2.24) is 5.32 Å². The number of carbonyl (C=O) groups is 1. The Morgan fingerprint density at radius 3 is 2.67 bits per heavy atom. The number of carbonyl (C=O) groups excluding carboxylic acids is 1. The molecular formula is C14H24ClNO2. The van der Waals surface area contributed by atoms with Gasteiger partial charge in [0, 0.05) is 12.4 Å². The molecule has 0 spiro atoms. The third-order valence-corrected chi connectivity index (χ3v) is 4.77. The predicted molar refractivity (Wildman–Crippen MR) is 72.7 cm³/mol. The van der Waals surface area contributed by atoms with Crippen molar-refractivity contribution in [2.75, 3.05) is 19.0 Å². The first-order chi connectivity index (χ1) is 8.70. The van der Waals surface area contributed by atoms with Crippen molar-refractivity contribution in [2.24, 2.45) is 17.8 Å². The summed E-state index contributed by atoms with van der Waals surface area (Å²) in [6, 6.07) is 0. The van der Waals surface area contributed by atoms with Crippen LogP contribution in [0.2, 0.25) is 0 Å². The molecule has 0 bridgehead atoms. The first kappa shape index (κ1) is 14.1. The number of ether oxygens (including phenoxy) is 1. The van der Waals surface area contributed by atoms with Gasteiger partial charge in [0.05, 0.1) is 18.6 Å². The number of rotatable bonds is 4. The molecule has 1 N–H and O–H groups in total. The smallest absolute Gasteiger partial charge is 0.225 e. The Labute approximate surface area is 115 Å². The minimum Gasteiger partial charge on any atom is -0.378 e. The van der Waals surface area contributed by atoms with Gasteiger partial charge in [-0.05, 0) is 38.0 Å². The fourth-order valence-electron chi connectivity index (χ4n) is 3.13. The molecule has 2 aliphatic rings. The lowest BCUT2D eigenvalue weighted by molar-refractivity contribution is -0.125. The van der Waals surface area contributed by atoms with Crippen LogP contribution in [0.3, 0.4) is 0 Å². The quantitative estimate of drug-likeness (QED) is 0.800. The van der Waals surface area contributed by atoms with Crippen LogP contribution in [0, 0.1) is 17.8 Å². The Balaban J connectivity index is 1.74. The van der Waals surface area contributed by atoms with Gasteiger partial charge in [0.15, 0.2) is 0 Å². The Kier molecular flexibility index (Phi) is 5.31. The van der Waals surface area contributed by atoms with Crippen LogP contribution in [0.4, 0.5) is 0 Å². The van der Waals surface area contributed by atoms with Crippen molar-refractivity contribution in [3.8, 4) is 0 Å². The van der Waals surface area contributed by atoms with Gasteiger partial charge in [-0.15, -0.1) is 11.6 Å². The van der Waals surface area contributed by atoms with E-state index in [2.05, 4.69) is 5.32 Å². The molecule has 4 atom stereocenters. The fourth-order valence-corrected chi connectivity index (χ4v) is 3.54. The van der Waals surface area contributed by atoms with Crippen molar-refractivity contribution in [1.29, 1.82) is 0 Å². The highest BCUT2D eigenvalue weighted by Gasteiger charge is 2.30. The van der Waals surface area contributed by atoms with Gasteiger partial charge in [0.2, 0.25) is 5.91 Å². The SMILES string of the molecule is CC1CC(C(=O)NCC2CCCCC2CCl)CO1. The van der Waals surface area contributed by atoms with E-state index in [1.54, 1.807) is 0 Å². The second-order valence-electron chi connectivity index (χ2n) is 5.78. The summed E-state index contributed by atoms with van der Waals surface area (Å²) in [4.78, 5) is 12.0. The summed E-state index contributed by atoms with van der Waals surface area (Å²) >= 11 is 6.00. The fraction of sp³-hybridized carbons (Fsp3) is 0.929. The maximum Gasteiger partial charge on any atom is 0.225 e. The van der Waals surface area contributed by atoms with E-state index < -0.39 is 0 Å². The molecule has 0 aromatic heterocycles. The van der Waals surface area contributed by atoms with Gasteiger partial charge in [-0.3, -0.25) is 4.79 Å². The van der Waals surface area contributed by atoms with E-state index in [1.165, 1.54) is 25.7 Å². The van der Waals surface area contributed by atoms with E-state index >= 15 is 0 Å². The highest BCUT2D eigenvalue weighted by atomic mass is 35.5. The van der Waals surface area contributed by atoms with Gasteiger partial charge in [0.1, 0.15) is 0 Å². The molecule has 4 heteroatoms. The summed E-state index contributed by atoms with van der Waals surface area (Å²) in [5.41, 5.74) is 0. The molecule has 104 valence electrons. The van der Waals surface area contributed by atoms with Crippen LogP contribution >= 0.6 is 11.6 Å². The normalized spacial score (nSPS) is 36.6. The molecule has 1 heterocycles. The molecule has 1 saturated carbocycles. The third-order valence-electron chi connectivity index (χ3n) is 4.37. The minimum absolute atomic E-state index is 0.0537. The average molecular weight is 274 g/mol. The van der Waals surface area contributed by atoms with E-state index in [9.17, 15) is 4.79 Å². The molecule has 1 aliphatic heterocycles. The first-order valence-electron chi connectivity index (χ1n) is 7.16. The third kappa shape index (κ3) is 3.61. The zero-order valence-electron chi connectivity index (χ0n) is 11.2. The van der Waals surface area contributed by atoms with E-state index in [0.717, 1.165) is 18.8 Å². The Hall–Kier alpha value is -0.280. The first-order valence-corrected chi connectivity index (χ1v) is 7.69. The van der Waals surface area contributed by atoms with Gasteiger partial charge in [0.25, 0.3) is 0 Å². The Morgan fingerprint density at radius 2 is 2.06 bits per heavy atom. The highest BCUT2D eigenvalue weighted by Crippen LogP contribution is 2.30. The molecule has 1 aliphatic carbocycles. The number of halogens is 1. The van der Waals surface area contributed by atoms with Crippen molar-refractivity contribution >= 4 is 17.5 Å². The van der Waals surface area contributed by atoms with E-state index in [0.29, 0.717) is 18.4 Å². The van der Waals surface area contributed by atoms with Crippen LogP contribution in [-0.4, -0.2) is 31.0 Å². The molecule has 2 rings (SSSR count). The van der Waals surface area contributed by atoms with Crippen LogP contribution in [0.15, 0.2) is 0 Å². The van der Waals surface area contributed by atoms with Crippen molar-refractivity contribution in [2.45, 2.75) is 45.1 Å². The molecule has 1 amide bonds. The summed E-state index contributed by atoms with van der Waals surface area (Å²) in [6.45, 7) is 3.40. The molecule has 3 nitrogen and oxygen atoms in total. The number of amides is 1. The summed E-state index contributed by atoms with van der Waals surface area (Å²) < 4.78 is 5.44. The Bertz CT molecular complexity index is 285. The van der Waals surface area contributed by atoms with Crippen LogP contribution < -0.4 is 5.32 Å². The topological polar surface area (TPSA) is 38.3 Å². The zero-order valence-corrected chi connectivity index (χ0v) is 11.9. The zero-order chi connectivity index (χ0) is 13.0. The van der Waals surface area contributed by atoms with Gasteiger partial charge < -0.3 is 10.1 Å². The highest BCUT2D eigenvalue weighted by molar-refractivity contribution is 6.18. The summed E-state index contributed by atoms with van der Waals surface area (Å²) in [6.07, 6.45) is 6.07. The predicted octanol–water partition coefficient (Wildman–Crippen LogP) is 2.57. The molecule has 4 unspecified atom stereocenters. The van der Waals surface area contributed by atoms with Crippen LogP contribution in [0.25, 0.3) is 0 Å². The van der Waals surface area contributed by atoms with Crippen LogP contribution in [0.5, 0.6) is 0 Å². The lowest BCUT2D eigenvalue weighted by Gasteiger charge is -2.30. The lowest BCUT2D eigenvalue weighted by atomic mass is 9.80. The standard InChI is InChI=1S/C14H24ClNO2/c1-10-6-13(9-18-10)14(17)16-8-12-5-3-2-4-11(12)7-15/h10-13H,2-9H2,1H3,(H,16,17). The lowest BCUT2D eigenvalue weighted by Crippen LogP contribution is -2.38. The number of nitrogens with one attached hydrogen (secondary N) is 1. The molecule has 0 aromatic rings. The van der Waals surface area contributed by atoms with Crippen molar-refractivity contribution < 1.29 is 9.53 Å². The van der Waals surface area contributed by atoms with Gasteiger partial charge >= 0.3 is 0 Å². The largest absolute Gasteiger partial charge is 0.378 e. The van der Waals surface area contributed by atoms with E-state index in [-0.39, 0.29) is 17.9 Å². The number of alkyl halides is 1. The van der Waals surface area contributed by atoms with Gasteiger partial charge in [-0.2, -0.15) is 0 Å². The second kappa shape index (κ2) is 6.76. The summed E-state index contributed by atoms with van der Waals surface area (Å²) in [5, 5.41) is 3.10. The van der Waals surface area contributed by atoms with E-state index in [1.807, 2.05) is 6.92 Å². The van der Waals surface area contributed by atoms with Crippen LogP contribution in [-0.2, 0) is 9.53 Å². The molecule has 0 aromatic carbocycles. The molecule has 1 saturated heterocycles. The van der Waals surface area contributed by atoms with Crippen molar-refractivity contribution in [3.05, 3.63) is 0 Å². The van der Waals surface area contributed by atoms with Gasteiger partial charge in [-0.25, -0.2) is 0 Å². The molecule has 2 fully saturated rings. The van der Waals surface area contributed by atoms with Gasteiger partial charge in [-0.1, -0.05) is 12.8 Å². The molecule has 0 radical (unpaired) electrons. The molecule has 18 heavy (non-hydrogen) atoms. The second-order valence-corrected chi connectivity index (χ2v) is 6.09. The average Bonchev–Trinajstić information content (AvgIpc) is 2.83. The van der Waals surface area contributed by atoms with Crippen molar-refractivity contribution in [3.63, 3.8) is 0 Å². The molecular weight excluding hydrogens is 250 g/mol. The summed E-state index contributed by atoms with van der Waals surface area (Å²) in [5.74, 6) is 2.10. The number of hydrogen-bond donors (Lipinski definition) is 1. The maximum absolute atomic E-state index is 12.0. The summed E-state index contributed by atoms with van der Waals surface area (Å²) in [7, 11) is 0. The monoisotopic (exact) mass is 273 g/mol. The minimum atomic E-state index is 0.0537. The number of hydrogen-bond acceptors (Lipinski definition) is 2. The van der Waals surface area contributed by atoms with E-state index in [4.69, 9.17) is 16.3 Å². The maximum atomic E-state index is 12.0.